The van der Waals surface area contributed by atoms with E-state index in [-0.39, 0.29) is 23.7 Å². The number of amides is 2. The average Bonchev–Trinajstić information content (AvgIpc) is 2.29. The van der Waals surface area contributed by atoms with E-state index in [1.54, 1.807) is 7.05 Å². The van der Waals surface area contributed by atoms with Crippen LogP contribution in [0.2, 0.25) is 0 Å². The van der Waals surface area contributed by atoms with Gasteiger partial charge in [-0.15, -0.1) is 0 Å². The van der Waals surface area contributed by atoms with Crippen LogP contribution in [-0.4, -0.2) is 23.8 Å². The highest BCUT2D eigenvalue weighted by atomic mass is 16.2. The number of carbonyl (C=O) groups is 2. The van der Waals surface area contributed by atoms with Gasteiger partial charge in [0, 0.05) is 18.9 Å². The molecular weight excluding hydrogens is 154 g/mol. The van der Waals surface area contributed by atoms with Gasteiger partial charge in [0.25, 0.3) is 0 Å². The lowest BCUT2D eigenvalue weighted by atomic mass is 9.91. The number of rotatable bonds is 2. The first-order chi connectivity index (χ1) is 5.63. The Morgan fingerprint density at radius 2 is 1.42 bits per heavy atom. The quantitative estimate of drug-likeness (QED) is 0.579. The molecule has 1 fully saturated rings. The maximum absolute atomic E-state index is 11.4. The predicted octanol–water partition coefficient (Wildman–Crippen LogP) is 1.04. The van der Waals surface area contributed by atoms with E-state index in [2.05, 4.69) is 0 Å². The molecule has 0 bridgehead atoms. The lowest BCUT2D eigenvalue weighted by Gasteiger charge is -2.08. The van der Waals surface area contributed by atoms with Crippen LogP contribution in [0.4, 0.5) is 0 Å². The van der Waals surface area contributed by atoms with E-state index in [1.165, 1.54) is 4.90 Å². The van der Waals surface area contributed by atoms with Gasteiger partial charge in [0.15, 0.2) is 0 Å². The highest BCUT2D eigenvalue weighted by molar-refractivity contribution is 6.04. The van der Waals surface area contributed by atoms with Gasteiger partial charge in [-0.05, 0) is 12.8 Å². The number of carbonyl (C=O) groups excluding carboxylic acids is 2. The molecule has 3 nitrogen and oxygen atoms in total. The van der Waals surface area contributed by atoms with Crippen LogP contribution in [0.25, 0.3) is 0 Å². The number of likely N-dealkylation sites (tertiary alicyclic amines) is 1. The van der Waals surface area contributed by atoms with Crippen molar-refractivity contribution >= 4 is 11.8 Å². The lowest BCUT2D eigenvalue weighted by molar-refractivity contribution is -0.138. The fourth-order valence-electron chi connectivity index (χ4n) is 1.87. The van der Waals surface area contributed by atoms with Gasteiger partial charge in [0.05, 0.1) is 0 Å². The summed E-state index contributed by atoms with van der Waals surface area (Å²) in [5.74, 6) is -0.135. The van der Waals surface area contributed by atoms with Crippen LogP contribution in [0.3, 0.4) is 0 Å². The van der Waals surface area contributed by atoms with E-state index in [0.717, 1.165) is 12.8 Å². The lowest BCUT2D eigenvalue weighted by Crippen LogP contribution is -2.26. The van der Waals surface area contributed by atoms with Gasteiger partial charge in [0.1, 0.15) is 0 Å². The van der Waals surface area contributed by atoms with E-state index in [1.807, 2.05) is 13.8 Å². The summed E-state index contributed by atoms with van der Waals surface area (Å²) >= 11 is 0. The van der Waals surface area contributed by atoms with Crippen molar-refractivity contribution in [3.63, 3.8) is 0 Å². The van der Waals surface area contributed by atoms with Gasteiger partial charge >= 0.3 is 0 Å². The Morgan fingerprint density at radius 1 is 1.08 bits per heavy atom. The van der Waals surface area contributed by atoms with Crippen LogP contribution in [-0.2, 0) is 9.59 Å². The van der Waals surface area contributed by atoms with E-state index < -0.39 is 0 Å². The summed E-state index contributed by atoms with van der Waals surface area (Å²) in [6.07, 6.45) is 1.54. The highest BCUT2D eigenvalue weighted by Gasteiger charge is 2.43. The fraction of sp³-hybridized carbons (Fsp3) is 0.778. The first kappa shape index (κ1) is 9.23. The molecule has 0 aromatic carbocycles. The van der Waals surface area contributed by atoms with Crippen LogP contribution in [0, 0.1) is 11.8 Å². The third-order valence-electron chi connectivity index (χ3n) is 2.66. The van der Waals surface area contributed by atoms with Gasteiger partial charge in [0.2, 0.25) is 11.8 Å². The van der Waals surface area contributed by atoms with Gasteiger partial charge in [-0.2, -0.15) is 0 Å². The molecule has 1 aliphatic rings. The number of hydrogen-bond donors (Lipinski definition) is 0. The fourth-order valence-corrected chi connectivity index (χ4v) is 1.87. The van der Waals surface area contributed by atoms with Gasteiger partial charge in [-0.3, -0.25) is 14.5 Å². The smallest absolute Gasteiger partial charge is 0.232 e. The van der Waals surface area contributed by atoms with Gasteiger partial charge in [-0.25, -0.2) is 0 Å². The zero-order valence-electron chi connectivity index (χ0n) is 7.83. The van der Waals surface area contributed by atoms with Crippen LogP contribution >= 0.6 is 0 Å². The van der Waals surface area contributed by atoms with E-state index in [9.17, 15) is 9.59 Å². The number of nitrogens with zero attached hydrogens (tertiary/aromatic N) is 1. The van der Waals surface area contributed by atoms with Crippen LogP contribution in [0.1, 0.15) is 26.7 Å². The summed E-state index contributed by atoms with van der Waals surface area (Å²) in [5, 5.41) is 0. The summed E-state index contributed by atoms with van der Waals surface area (Å²) < 4.78 is 0. The molecule has 0 N–H and O–H groups in total. The first-order valence-electron chi connectivity index (χ1n) is 4.44. The van der Waals surface area contributed by atoms with Gasteiger partial charge in [-0.1, -0.05) is 13.8 Å². The molecule has 0 radical (unpaired) electrons. The summed E-state index contributed by atoms with van der Waals surface area (Å²) in [6, 6.07) is 0. The molecule has 1 saturated heterocycles. The maximum atomic E-state index is 11.4. The molecule has 2 unspecified atom stereocenters. The first-order valence-corrected chi connectivity index (χ1v) is 4.44. The van der Waals surface area contributed by atoms with Crippen molar-refractivity contribution in [1.29, 1.82) is 0 Å². The van der Waals surface area contributed by atoms with E-state index >= 15 is 0 Å². The molecule has 0 saturated carbocycles. The topological polar surface area (TPSA) is 37.4 Å². The third-order valence-corrected chi connectivity index (χ3v) is 2.66. The Balaban J connectivity index is 2.87. The SMILES string of the molecule is CCC1C(=O)N(C)C(=O)C1CC. The highest BCUT2D eigenvalue weighted by Crippen LogP contribution is 2.29. The molecule has 68 valence electrons. The Hall–Kier alpha value is -0.860. The minimum absolute atomic E-state index is 0.00523. The molecular formula is C9H15NO2. The molecule has 3 heteroatoms. The van der Waals surface area contributed by atoms with Crippen molar-refractivity contribution in [1.82, 2.24) is 4.90 Å². The second-order valence-corrected chi connectivity index (χ2v) is 3.26. The molecule has 0 aromatic rings. The minimum Gasteiger partial charge on any atom is -0.285 e. The second kappa shape index (κ2) is 3.25. The maximum Gasteiger partial charge on any atom is 0.232 e. The van der Waals surface area contributed by atoms with Crippen LogP contribution < -0.4 is 0 Å². The molecule has 1 rings (SSSR count). The minimum atomic E-state index is -0.0625. The molecule has 0 aliphatic carbocycles. The number of imide groups is 1. The van der Waals surface area contributed by atoms with Crippen molar-refractivity contribution in [2.75, 3.05) is 7.05 Å². The molecule has 2 atom stereocenters. The monoisotopic (exact) mass is 169 g/mol. The van der Waals surface area contributed by atoms with Crippen molar-refractivity contribution in [3.05, 3.63) is 0 Å². The summed E-state index contributed by atoms with van der Waals surface area (Å²) in [6.45, 7) is 3.91. The van der Waals surface area contributed by atoms with Crippen LogP contribution in [0.15, 0.2) is 0 Å². The standard InChI is InChI=1S/C9H15NO2/c1-4-6-7(5-2)9(12)10(3)8(6)11/h6-7H,4-5H2,1-3H3. The molecule has 1 heterocycles. The molecule has 2 amide bonds. The molecule has 1 aliphatic heterocycles. The average molecular weight is 169 g/mol. The second-order valence-electron chi connectivity index (χ2n) is 3.26. The van der Waals surface area contributed by atoms with Crippen molar-refractivity contribution in [2.24, 2.45) is 11.8 Å². The zero-order chi connectivity index (χ0) is 9.30. The largest absolute Gasteiger partial charge is 0.285 e. The third kappa shape index (κ3) is 1.13. The molecule has 0 aromatic heterocycles. The Bertz CT molecular complexity index is 191. The van der Waals surface area contributed by atoms with E-state index in [4.69, 9.17) is 0 Å². The van der Waals surface area contributed by atoms with E-state index in [0.29, 0.717) is 0 Å². The zero-order valence-corrected chi connectivity index (χ0v) is 7.83. The Morgan fingerprint density at radius 3 is 1.67 bits per heavy atom. The number of hydrogen-bond acceptors (Lipinski definition) is 2. The Kier molecular flexibility index (Phi) is 2.50. The Labute approximate surface area is 72.7 Å². The summed E-state index contributed by atoms with van der Waals surface area (Å²) in [4.78, 5) is 24.1. The van der Waals surface area contributed by atoms with Crippen molar-refractivity contribution < 1.29 is 9.59 Å². The summed E-state index contributed by atoms with van der Waals surface area (Å²) in [7, 11) is 1.57. The molecule has 0 spiro atoms. The van der Waals surface area contributed by atoms with Crippen LogP contribution in [0.5, 0.6) is 0 Å². The summed E-state index contributed by atoms with van der Waals surface area (Å²) in [5.41, 5.74) is 0. The normalized spacial score (nSPS) is 30.1. The van der Waals surface area contributed by atoms with Crippen molar-refractivity contribution in [2.45, 2.75) is 26.7 Å². The molecule has 12 heavy (non-hydrogen) atoms. The predicted molar refractivity (Wildman–Crippen MR) is 45.3 cm³/mol. The van der Waals surface area contributed by atoms with Crippen molar-refractivity contribution in [3.8, 4) is 0 Å². The van der Waals surface area contributed by atoms with Gasteiger partial charge < -0.3 is 0 Å².